The standard InChI is InChI=1S/C13H10N2O3/c1-2-3-8-18-12-9-6-4-5-7-10(9)14-15-11(12)13(16)17/h1,4-7H,3,8H2,(H,16,17). The summed E-state index contributed by atoms with van der Waals surface area (Å²) in [6.45, 7) is 0.243. The number of carbonyl (C=O) groups is 1. The van der Waals surface area contributed by atoms with Gasteiger partial charge in [-0.15, -0.1) is 22.5 Å². The predicted octanol–water partition coefficient (Wildman–Crippen LogP) is 1.73. The van der Waals surface area contributed by atoms with Crippen LogP contribution in [0, 0.1) is 12.3 Å². The molecule has 0 unspecified atom stereocenters. The molecule has 0 atom stereocenters. The summed E-state index contributed by atoms with van der Waals surface area (Å²) in [5, 5.41) is 17.2. The second-order valence-electron chi connectivity index (χ2n) is 3.50. The van der Waals surface area contributed by atoms with Crippen molar-refractivity contribution in [3.05, 3.63) is 30.0 Å². The van der Waals surface area contributed by atoms with Crippen molar-refractivity contribution in [3.8, 4) is 18.1 Å². The molecule has 0 aliphatic rings. The van der Waals surface area contributed by atoms with Gasteiger partial charge < -0.3 is 9.84 Å². The number of aromatic nitrogens is 2. The van der Waals surface area contributed by atoms with E-state index < -0.39 is 5.97 Å². The highest BCUT2D eigenvalue weighted by atomic mass is 16.5. The summed E-state index contributed by atoms with van der Waals surface area (Å²) in [5.41, 5.74) is 0.379. The van der Waals surface area contributed by atoms with Crippen molar-refractivity contribution >= 4 is 16.9 Å². The first-order chi connectivity index (χ1) is 8.74. The monoisotopic (exact) mass is 242 g/mol. The van der Waals surface area contributed by atoms with Crippen molar-refractivity contribution in [2.45, 2.75) is 6.42 Å². The van der Waals surface area contributed by atoms with E-state index in [9.17, 15) is 4.79 Å². The summed E-state index contributed by atoms with van der Waals surface area (Å²) in [4.78, 5) is 11.1. The minimum absolute atomic E-state index is 0.203. The number of ether oxygens (including phenoxy) is 1. The normalized spacial score (nSPS) is 9.94. The van der Waals surface area contributed by atoms with E-state index in [0.29, 0.717) is 17.3 Å². The number of terminal acetylenes is 1. The highest BCUT2D eigenvalue weighted by molar-refractivity contribution is 5.96. The Balaban J connectivity index is 2.52. The summed E-state index contributed by atoms with van der Waals surface area (Å²) in [7, 11) is 0. The molecule has 0 saturated heterocycles. The molecular weight excluding hydrogens is 232 g/mol. The summed E-state index contributed by atoms with van der Waals surface area (Å²) in [6, 6.07) is 7.05. The first kappa shape index (κ1) is 11.9. The predicted molar refractivity (Wildman–Crippen MR) is 65.4 cm³/mol. The van der Waals surface area contributed by atoms with E-state index in [0.717, 1.165) is 0 Å². The van der Waals surface area contributed by atoms with E-state index in [1.165, 1.54) is 0 Å². The van der Waals surface area contributed by atoms with Gasteiger partial charge in [-0.1, -0.05) is 12.1 Å². The van der Waals surface area contributed by atoms with Gasteiger partial charge in [-0.25, -0.2) is 4.79 Å². The number of aromatic carboxylic acids is 1. The molecule has 0 amide bonds. The molecule has 5 nitrogen and oxygen atoms in total. The Morgan fingerprint density at radius 1 is 1.39 bits per heavy atom. The Morgan fingerprint density at radius 2 is 2.17 bits per heavy atom. The van der Waals surface area contributed by atoms with E-state index in [4.69, 9.17) is 16.3 Å². The number of hydrogen-bond donors (Lipinski definition) is 1. The van der Waals surface area contributed by atoms with Crippen LogP contribution in [0.3, 0.4) is 0 Å². The second-order valence-corrected chi connectivity index (χ2v) is 3.50. The lowest BCUT2D eigenvalue weighted by atomic mass is 10.2. The zero-order valence-electron chi connectivity index (χ0n) is 9.46. The van der Waals surface area contributed by atoms with Gasteiger partial charge >= 0.3 is 5.97 Å². The van der Waals surface area contributed by atoms with Crippen molar-refractivity contribution in [3.63, 3.8) is 0 Å². The number of carboxylic acids is 1. The lowest BCUT2D eigenvalue weighted by Crippen LogP contribution is -2.08. The highest BCUT2D eigenvalue weighted by Crippen LogP contribution is 2.26. The molecule has 0 saturated carbocycles. The van der Waals surface area contributed by atoms with Crippen LogP contribution >= 0.6 is 0 Å². The van der Waals surface area contributed by atoms with E-state index in [1.807, 2.05) is 0 Å². The number of nitrogens with zero attached hydrogens (tertiary/aromatic N) is 2. The van der Waals surface area contributed by atoms with E-state index >= 15 is 0 Å². The van der Waals surface area contributed by atoms with Crippen molar-refractivity contribution in [1.29, 1.82) is 0 Å². The van der Waals surface area contributed by atoms with Crippen LogP contribution in [-0.4, -0.2) is 27.9 Å². The first-order valence-electron chi connectivity index (χ1n) is 5.29. The molecule has 2 aromatic rings. The highest BCUT2D eigenvalue weighted by Gasteiger charge is 2.17. The van der Waals surface area contributed by atoms with Gasteiger partial charge in [0.05, 0.1) is 12.1 Å². The molecule has 0 aliphatic heterocycles. The maximum Gasteiger partial charge on any atom is 0.360 e. The molecule has 0 fully saturated rings. The number of fused-ring (bicyclic) bond motifs is 1. The molecule has 2 rings (SSSR count). The van der Waals surface area contributed by atoms with Crippen LogP contribution in [0.25, 0.3) is 10.9 Å². The third kappa shape index (κ3) is 2.23. The Hall–Kier alpha value is -2.61. The van der Waals surface area contributed by atoms with Crippen LogP contribution in [-0.2, 0) is 0 Å². The van der Waals surface area contributed by atoms with Crippen LogP contribution in [0.2, 0.25) is 0 Å². The number of hydrogen-bond acceptors (Lipinski definition) is 4. The average Bonchev–Trinajstić information content (AvgIpc) is 2.38. The topological polar surface area (TPSA) is 72.3 Å². The van der Waals surface area contributed by atoms with Crippen LogP contribution in [0.5, 0.6) is 5.75 Å². The zero-order valence-corrected chi connectivity index (χ0v) is 9.46. The molecule has 5 heteroatoms. The zero-order chi connectivity index (χ0) is 13.0. The number of benzene rings is 1. The van der Waals surface area contributed by atoms with Crippen molar-refractivity contribution in [2.24, 2.45) is 0 Å². The summed E-state index contributed by atoms with van der Waals surface area (Å²) in [5.74, 6) is 1.46. The molecular formula is C13H10N2O3. The van der Waals surface area contributed by atoms with Crippen molar-refractivity contribution < 1.29 is 14.6 Å². The quantitative estimate of drug-likeness (QED) is 0.653. The Bertz CT molecular complexity index is 632. The maximum absolute atomic E-state index is 11.1. The van der Waals surface area contributed by atoms with Crippen molar-refractivity contribution in [2.75, 3.05) is 6.61 Å². The molecule has 0 aliphatic carbocycles. The number of rotatable bonds is 4. The maximum atomic E-state index is 11.1. The van der Waals surface area contributed by atoms with E-state index in [1.54, 1.807) is 24.3 Å². The Kier molecular flexibility index (Phi) is 3.39. The van der Waals surface area contributed by atoms with Gasteiger partial charge in [0, 0.05) is 11.8 Å². The summed E-state index contributed by atoms with van der Waals surface area (Å²) >= 11 is 0. The molecule has 0 spiro atoms. The minimum Gasteiger partial charge on any atom is -0.489 e. The molecule has 0 bridgehead atoms. The lowest BCUT2D eigenvalue weighted by Gasteiger charge is -2.09. The van der Waals surface area contributed by atoms with Gasteiger partial charge in [0.1, 0.15) is 0 Å². The smallest absolute Gasteiger partial charge is 0.360 e. The van der Waals surface area contributed by atoms with Crippen LogP contribution in [0.1, 0.15) is 16.9 Å². The molecule has 1 aromatic heterocycles. The summed E-state index contributed by atoms with van der Waals surface area (Å²) < 4.78 is 5.43. The average molecular weight is 242 g/mol. The van der Waals surface area contributed by atoms with Crippen LogP contribution in [0.4, 0.5) is 0 Å². The van der Waals surface area contributed by atoms with Crippen LogP contribution < -0.4 is 4.74 Å². The van der Waals surface area contributed by atoms with Crippen molar-refractivity contribution in [1.82, 2.24) is 10.2 Å². The molecule has 1 N–H and O–H groups in total. The van der Waals surface area contributed by atoms with Gasteiger partial charge in [-0.2, -0.15) is 0 Å². The molecule has 1 aromatic carbocycles. The third-order valence-corrected chi connectivity index (χ3v) is 2.32. The molecule has 0 radical (unpaired) electrons. The fraction of sp³-hybridized carbons (Fsp3) is 0.154. The minimum atomic E-state index is -1.18. The van der Waals surface area contributed by atoms with Gasteiger partial charge in [0.2, 0.25) is 5.69 Å². The number of carboxylic acid groups (broad SMARTS) is 1. The Labute approximate surface area is 103 Å². The fourth-order valence-electron chi connectivity index (χ4n) is 1.53. The van der Waals surface area contributed by atoms with Gasteiger partial charge in [-0.3, -0.25) is 0 Å². The molecule has 18 heavy (non-hydrogen) atoms. The second kappa shape index (κ2) is 5.15. The molecule has 90 valence electrons. The van der Waals surface area contributed by atoms with Gasteiger partial charge in [0.15, 0.2) is 5.75 Å². The van der Waals surface area contributed by atoms with Crippen LogP contribution in [0.15, 0.2) is 24.3 Å². The summed E-state index contributed by atoms with van der Waals surface area (Å²) in [6.07, 6.45) is 5.53. The third-order valence-electron chi connectivity index (χ3n) is 2.32. The first-order valence-corrected chi connectivity index (χ1v) is 5.29. The fourth-order valence-corrected chi connectivity index (χ4v) is 1.53. The molecule has 1 heterocycles. The SMILES string of the molecule is C#CCCOc1c(C(=O)O)nnc2ccccc12. The largest absolute Gasteiger partial charge is 0.489 e. The van der Waals surface area contributed by atoms with Gasteiger partial charge in [0.25, 0.3) is 0 Å². The van der Waals surface area contributed by atoms with Gasteiger partial charge in [-0.05, 0) is 12.1 Å². The van der Waals surface area contributed by atoms with E-state index in [-0.39, 0.29) is 18.1 Å². The van der Waals surface area contributed by atoms with E-state index in [2.05, 4.69) is 16.1 Å². The lowest BCUT2D eigenvalue weighted by molar-refractivity contribution is 0.0684. The Morgan fingerprint density at radius 3 is 2.89 bits per heavy atom.